The first kappa shape index (κ1) is 17.2. The first-order chi connectivity index (χ1) is 12.1. The highest BCUT2D eigenvalue weighted by Crippen LogP contribution is 2.24. The molecule has 0 saturated carbocycles. The molecule has 0 spiro atoms. The molecule has 2 aromatic carbocycles. The van der Waals surface area contributed by atoms with Crippen LogP contribution in [0.4, 0.5) is 4.79 Å². The second-order valence-electron chi connectivity index (χ2n) is 6.59. The van der Waals surface area contributed by atoms with Crippen LogP contribution in [0, 0.1) is 0 Å². The number of ether oxygens (including phenoxy) is 1. The third kappa shape index (κ3) is 4.47. The molecular weight excluding hydrogens is 314 g/mol. The topological polar surface area (TPSA) is 46.6 Å². The van der Waals surface area contributed by atoms with E-state index in [-0.39, 0.29) is 30.6 Å². The number of rotatable bonds is 4. The maximum Gasteiger partial charge on any atom is 0.410 e. The van der Waals surface area contributed by atoms with E-state index in [0.29, 0.717) is 19.3 Å². The quantitative estimate of drug-likeness (QED) is 0.847. The minimum atomic E-state index is -0.343. The van der Waals surface area contributed by atoms with E-state index in [1.54, 1.807) is 4.90 Å². The van der Waals surface area contributed by atoms with Crippen molar-refractivity contribution in [2.24, 2.45) is 0 Å². The van der Waals surface area contributed by atoms with E-state index in [1.807, 2.05) is 67.6 Å². The van der Waals surface area contributed by atoms with Gasteiger partial charge in [0.2, 0.25) is 0 Å². The summed E-state index contributed by atoms with van der Waals surface area (Å²) in [5.74, 6) is 0.209. The third-order valence-electron chi connectivity index (χ3n) is 4.58. The third-order valence-corrected chi connectivity index (χ3v) is 4.58. The molecule has 25 heavy (non-hydrogen) atoms. The van der Waals surface area contributed by atoms with Gasteiger partial charge in [0, 0.05) is 24.9 Å². The fraction of sp³-hybridized carbons (Fsp3) is 0.333. The molecule has 4 heteroatoms. The molecule has 4 nitrogen and oxygen atoms in total. The Hall–Kier alpha value is -2.62. The van der Waals surface area contributed by atoms with Crippen LogP contribution < -0.4 is 0 Å². The molecule has 0 N–H and O–H groups in total. The smallest absolute Gasteiger partial charge is 0.410 e. The van der Waals surface area contributed by atoms with Crippen LogP contribution >= 0.6 is 0 Å². The monoisotopic (exact) mass is 337 g/mol. The van der Waals surface area contributed by atoms with Gasteiger partial charge in [-0.15, -0.1) is 0 Å². The van der Waals surface area contributed by atoms with Gasteiger partial charge in [-0.2, -0.15) is 0 Å². The zero-order valence-electron chi connectivity index (χ0n) is 14.4. The highest BCUT2D eigenvalue weighted by Gasteiger charge is 2.36. The van der Waals surface area contributed by atoms with Crippen LogP contribution in [0.3, 0.4) is 0 Å². The number of amides is 1. The Bertz CT molecular complexity index is 714. The van der Waals surface area contributed by atoms with Crippen molar-refractivity contribution in [3.05, 3.63) is 71.8 Å². The Labute approximate surface area is 148 Å². The molecule has 1 fully saturated rings. The molecule has 0 radical (unpaired) electrons. The molecule has 1 heterocycles. The molecule has 130 valence electrons. The number of nitrogens with zero attached hydrogens (tertiary/aromatic N) is 1. The minimum absolute atomic E-state index is 0.141. The van der Waals surface area contributed by atoms with Gasteiger partial charge in [-0.3, -0.25) is 4.79 Å². The first-order valence-corrected chi connectivity index (χ1v) is 8.68. The zero-order chi connectivity index (χ0) is 17.6. The van der Waals surface area contributed by atoms with Gasteiger partial charge in [-0.1, -0.05) is 60.7 Å². The Kier molecular flexibility index (Phi) is 5.49. The summed E-state index contributed by atoms with van der Waals surface area (Å²) < 4.78 is 5.52. The molecule has 0 bridgehead atoms. The standard InChI is InChI=1S/C21H23NO3/c1-16-12-20(23)14-19(13-17-8-4-2-5-9-17)22(16)21(24)25-15-18-10-6-3-7-11-18/h2-11,16,19H,12-15H2,1H3. The van der Waals surface area contributed by atoms with Crippen LogP contribution in [-0.4, -0.2) is 28.9 Å². The Morgan fingerprint density at radius 2 is 1.60 bits per heavy atom. The van der Waals surface area contributed by atoms with Crippen LogP contribution in [-0.2, 0) is 22.6 Å². The van der Waals surface area contributed by atoms with Crippen molar-refractivity contribution in [2.75, 3.05) is 0 Å². The number of ketones is 1. The minimum Gasteiger partial charge on any atom is -0.445 e. The Morgan fingerprint density at radius 3 is 2.24 bits per heavy atom. The number of Topliss-reactive ketones (excluding diaryl/α,β-unsaturated/α-hetero) is 1. The van der Waals surface area contributed by atoms with Gasteiger partial charge in [-0.25, -0.2) is 4.79 Å². The number of carbonyl (C=O) groups is 2. The van der Waals surface area contributed by atoms with Crippen LogP contribution in [0.1, 0.15) is 30.9 Å². The van der Waals surface area contributed by atoms with Crippen molar-refractivity contribution in [1.29, 1.82) is 0 Å². The predicted octanol–water partition coefficient (Wildman–Crippen LogP) is 3.99. The summed E-state index contributed by atoms with van der Waals surface area (Å²) >= 11 is 0. The fourth-order valence-electron chi connectivity index (χ4n) is 3.41. The lowest BCUT2D eigenvalue weighted by Gasteiger charge is -2.39. The van der Waals surface area contributed by atoms with E-state index < -0.39 is 0 Å². The highest BCUT2D eigenvalue weighted by molar-refractivity contribution is 5.83. The molecule has 1 aliphatic heterocycles. The van der Waals surface area contributed by atoms with Crippen LogP contribution in [0.5, 0.6) is 0 Å². The molecule has 0 aliphatic carbocycles. The summed E-state index contributed by atoms with van der Waals surface area (Å²) in [6.45, 7) is 2.16. The highest BCUT2D eigenvalue weighted by atomic mass is 16.6. The predicted molar refractivity (Wildman–Crippen MR) is 96.1 cm³/mol. The lowest BCUT2D eigenvalue weighted by molar-refractivity contribution is -0.124. The molecule has 2 atom stereocenters. The van der Waals surface area contributed by atoms with Crippen LogP contribution in [0.15, 0.2) is 60.7 Å². The van der Waals surface area contributed by atoms with Gasteiger partial charge in [0.05, 0.1) is 0 Å². The van der Waals surface area contributed by atoms with Crippen molar-refractivity contribution >= 4 is 11.9 Å². The van der Waals surface area contributed by atoms with E-state index in [1.165, 1.54) is 0 Å². The fourth-order valence-corrected chi connectivity index (χ4v) is 3.41. The average Bonchev–Trinajstić information content (AvgIpc) is 2.61. The van der Waals surface area contributed by atoms with E-state index in [9.17, 15) is 9.59 Å². The normalized spacial score (nSPS) is 20.4. The van der Waals surface area contributed by atoms with Gasteiger partial charge in [0.25, 0.3) is 0 Å². The summed E-state index contributed by atoms with van der Waals surface area (Å²) in [6.07, 6.45) is 1.10. The second-order valence-corrected chi connectivity index (χ2v) is 6.59. The average molecular weight is 337 g/mol. The maximum atomic E-state index is 12.7. The van der Waals surface area contributed by atoms with E-state index in [2.05, 4.69) is 0 Å². The van der Waals surface area contributed by atoms with Crippen LogP contribution in [0.2, 0.25) is 0 Å². The molecule has 1 aliphatic rings. The molecule has 2 unspecified atom stereocenters. The number of likely N-dealkylation sites (tertiary alicyclic amines) is 1. The number of benzene rings is 2. The summed E-state index contributed by atoms with van der Waals surface area (Å²) in [7, 11) is 0. The molecular formula is C21H23NO3. The van der Waals surface area contributed by atoms with Gasteiger partial charge < -0.3 is 9.64 Å². The van der Waals surface area contributed by atoms with Crippen molar-refractivity contribution in [3.63, 3.8) is 0 Å². The summed E-state index contributed by atoms with van der Waals surface area (Å²) in [5, 5.41) is 0. The first-order valence-electron chi connectivity index (χ1n) is 8.68. The zero-order valence-corrected chi connectivity index (χ0v) is 14.4. The van der Waals surface area contributed by atoms with E-state index in [0.717, 1.165) is 11.1 Å². The van der Waals surface area contributed by atoms with Crippen LogP contribution in [0.25, 0.3) is 0 Å². The number of piperidine rings is 1. The summed E-state index contributed by atoms with van der Waals surface area (Å²) in [4.78, 5) is 26.5. The molecule has 3 rings (SSSR count). The molecule has 0 aromatic heterocycles. The maximum absolute atomic E-state index is 12.7. The molecule has 1 amide bonds. The number of hydrogen-bond donors (Lipinski definition) is 0. The van der Waals surface area contributed by atoms with Gasteiger partial charge >= 0.3 is 6.09 Å². The summed E-state index contributed by atoms with van der Waals surface area (Å²) in [6, 6.07) is 19.3. The molecule has 2 aromatic rings. The Morgan fingerprint density at radius 1 is 1.00 bits per heavy atom. The van der Waals surface area contributed by atoms with Crippen molar-refractivity contribution in [1.82, 2.24) is 4.90 Å². The SMILES string of the molecule is CC1CC(=O)CC(Cc2ccccc2)N1C(=O)OCc1ccccc1. The Balaban J connectivity index is 1.70. The lowest BCUT2D eigenvalue weighted by atomic mass is 9.91. The van der Waals surface area contributed by atoms with Gasteiger partial charge in [0.15, 0.2) is 0 Å². The van der Waals surface area contributed by atoms with E-state index in [4.69, 9.17) is 4.74 Å². The lowest BCUT2D eigenvalue weighted by Crippen LogP contribution is -2.52. The number of carbonyl (C=O) groups excluding carboxylic acids is 2. The van der Waals surface area contributed by atoms with E-state index >= 15 is 0 Å². The summed E-state index contributed by atoms with van der Waals surface area (Å²) in [5.41, 5.74) is 2.08. The number of hydrogen-bond acceptors (Lipinski definition) is 3. The van der Waals surface area contributed by atoms with Crippen molar-refractivity contribution < 1.29 is 14.3 Å². The van der Waals surface area contributed by atoms with Gasteiger partial charge in [0.1, 0.15) is 12.4 Å². The second kappa shape index (κ2) is 7.97. The van der Waals surface area contributed by atoms with Gasteiger partial charge in [-0.05, 0) is 24.5 Å². The molecule has 1 saturated heterocycles. The van der Waals surface area contributed by atoms with Crippen molar-refractivity contribution in [3.8, 4) is 0 Å². The van der Waals surface area contributed by atoms with Crippen molar-refractivity contribution in [2.45, 2.75) is 44.9 Å². The largest absolute Gasteiger partial charge is 0.445 e.